The molecule has 1 heterocycles. The summed E-state index contributed by atoms with van der Waals surface area (Å²) in [4.78, 5) is 0. The first kappa shape index (κ1) is 13.9. The van der Waals surface area contributed by atoms with Crippen LogP contribution >= 0.6 is 0 Å². The van der Waals surface area contributed by atoms with Crippen LogP contribution in [-0.2, 0) is 4.74 Å². The lowest BCUT2D eigenvalue weighted by Crippen LogP contribution is -2.44. The Morgan fingerprint density at radius 2 is 1.88 bits per heavy atom. The maximum absolute atomic E-state index is 9.89. The van der Waals surface area contributed by atoms with Gasteiger partial charge >= 0.3 is 0 Å². The molecule has 1 rings (SSSR count). The maximum Gasteiger partial charge on any atom is 0.0690 e. The van der Waals surface area contributed by atoms with Gasteiger partial charge in [0.1, 0.15) is 0 Å². The first-order valence-electron chi connectivity index (χ1n) is 6.59. The van der Waals surface area contributed by atoms with Crippen LogP contribution in [0.2, 0.25) is 0 Å². The van der Waals surface area contributed by atoms with Gasteiger partial charge in [0.25, 0.3) is 0 Å². The smallest absolute Gasteiger partial charge is 0.0690 e. The normalized spacial score (nSPS) is 34.7. The predicted octanol–water partition coefficient (Wildman–Crippen LogP) is 1.94. The van der Waals surface area contributed by atoms with Gasteiger partial charge in [-0.15, -0.1) is 0 Å². The van der Waals surface area contributed by atoms with E-state index < -0.39 is 0 Å². The zero-order valence-corrected chi connectivity index (χ0v) is 11.1. The standard InChI is InChI=1S/C13H27NO2/c1-5-9(2)13(15)8-14-12-6-10(3)16-11(4)7-12/h9-15H,5-8H2,1-4H3. The zero-order chi connectivity index (χ0) is 12.1. The molecule has 0 aliphatic carbocycles. The average molecular weight is 229 g/mol. The van der Waals surface area contributed by atoms with Gasteiger partial charge in [-0.2, -0.15) is 0 Å². The van der Waals surface area contributed by atoms with Crippen molar-refractivity contribution in [3.8, 4) is 0 Å². The highest BCUT2D eigenvalue weighted by Gasteiger charge is 2.24. The highest BCUT2D eigenvalue weighted by Crippen LogP contribution is 2.19. The zero-order valence-electron chi connectivity index (χ0n) is 11.1. The third-order valence-electron chi connectivity index (χ3n) is 3.61. The van der Waals surface area contributed by atoms with Gasteiger partial charge in [0, 0.05) is 12.6 Å². The van der Waals surface area contributed by atoms with Gasteiger partial charge in [-0.25, -0.2) is 0 Å². The molecule has 1 saturated heterocycles. The molecular formula is C13H27NO2. The average Bonchev–Trinajstić information content (AvgIpc) is 2.23. The van der Waals surface area contributed by atoms with Gasteiger partial charge in [-0.05, 0) is 32.6 Å². The van der Waals surface area contributed by atoms with E-state index in [9.17, 15) is 5.11 Å². The molecule has 0 amide bonds. The molecule has 4 unspecified atom stereocenters. The van der Waals surface area contributed by atoms with Crippen LogP contribution in [0.1, 0.15) is 47.0 Å². The summed E-state index contributed by atoms with van der Waals surface area (Å²) in [5.74, 6) is 0.377. The molecule has 0 aromatic carbocycles. The number of hydrogen-bond acceptors (Lipinski definition) is 3. The molecule has 1 aliphatic heterocycles. The van der Waals surface area contributed by atoms with Crippen LogP contribution in [0.5, 0.6) is 0 Å². The molecule has 1 fully saturated rings. The molecule has 3 nitrogen and oxygen atoms in total. The van der Waals surface area contributed by atoms with Crippen molar-refractivity contribution in [3.63, 3.8) is 0 Å². The summed E-state index contributed by atoms with van der Waals surface area (Å²) in [5.41, 5.74) is 0. The van der Waals surface area contributed by atoms with Crippen molar-refractivity contribution in [3.05, 3.63) is 0 Å². The summed E-state index contributed by atoms with van der Waals surface area (Å²) < 4.78 is 5.69. The van der Waals surface area contributed by atoms with Crippen LogP contribution in [0.15, 0.2) is 0 Å². The number of aliphatic hydroxyl groups is 1. The fourth-order valence-electron chi connectivity index (χ4n) is 2.33. The van der Waals surface area contributed by atoms with Gasteiger partial charge in [-0.3, -0.25) is 0 Å². The van der Waals surface area contributed by atoms with Gasteiger partial charge in [0.15, 0.2) is 0 Å². The third-order valence-corrected chi connectivity index (χ3v) is 3.61. The molecule has 96 valence electrons. The van der Waals surface area contributed by atoms with Crippen LogP contribution < -0.4 is 5.32 Å². The molecule has 16 heavy (non-hydrogen) atoms. The molecule has 0 aromatic rings. The van der Waals surface area contributed by atoms with Gasteiger partial charge in [0.2, 0.25) is 0 Å². The molecule has 3 heteroatoms. The lowest BCUT2D eigenvalue weighted by molar-refractivity contribution is -0.0439. The second kappa shape index (κ2) is 6.58. The molecular weight excluding hydrogens is 202 g/mol. The van der Waals surface area contributed by atoms with Crippen LogP contribution in [0, 0.1) is 5.92 Å². The molecule has 0 bridgehead atoms. The molecule has 0 aromatic heterocycles. The van der Waals surface area contributed by atoms with E-state index in [1.54, 1.807) is 0 Å². The number of nitrogens with one attached hydrogen (secondary N) is 1. The van der Waals surface area contributed by atoms with E-state index in [1.165, 1.54) is 0 Å². The van der Waals surface area contributed by atoms with E-state index in [0.717, 1.165) is 19.3 Å². The van der Waals surface area contributed by atoms with E-state index in [-0.39, 0.29) is 6.10 Å². The first-order valence-corrected chi connectivity index (χ1v) is 6.59. The molecule has 0 radical (unpaired) electrons. The molecule has 1 aliphatic rings. The Labute approximate surface area is 99.6 Å². The molecule has 0 spiro atoms. The van der Waals surface area contributed by atoms with E-state index >= 15 is 0 Å². The van der Waals surface area contributed by atoms with Gasteiger partial charge < -0.3 is 15.2 Å². The highest BCUT2D eigenvalue weighted by molar-refractivity contribution is 4.80. The van der Waals surface area contributed by atoms with Crippen molar-refractivity contribution < 1.29 is 9.84 Å². The summed E-state index contributed by atoms with van der Waals surface area (Å²) in [6.07, 6.45) is 3.58. The fraction of sp³-hybridized carbons (Fsp3) is 1.00. The molecule has 0 saturated carbocycles. The van der Waals surface area contributed by atoms with Crippen molar-refractivity contribution in [1.82, 2.24) is 5.32 Å². The molecule has 4 atom stereocenters. The van der Waals surface area contributed by atoms with Crippen LogP contribution in [0.3, 0.4) is 0 Å². The number of rotatable bonds is 5. The Hall–Kier alpha value is -0.120. The lowest BCUT2D eigenvalue weighted by atomic mass is 9.98. The van der Waals surface area contributed by atoms with Crippen molar-refractivity contribution in [2.75, 3.05) is 6.54 Å². The van der Waals surface area contributed by atoms with Crippen molar-refractivity contribution in [2.45, 2.75) is 71.3 Å². The predicted molar refractivity (Wildman–Crippen MR) is 66.5 cm³/mol. The van der Waals surface area contributed by atoms with Crippen LogP contribution in [0.4, 0.5) is 0 Å². The third kappa shape index (κ3) is 4.40. The number of aliphatic hydroxyl groups excluding tert-OH is 1. The Morgan fingerprint density at radius 1 is 1.31 bits per heavy atom. The van der Waals surface area contributed by atoms with E-state index in [2.05, 4.69) is 33.0 Å². The number of hydrogen-bond donors (Lipinski definition) is 2. The maximum atomic E-state index is 9.89. The van der Waals surface area contributed by atoms with E-state index in [0.29, 0.717) is 30.7 Å². The van der Waals surface area contributed by atoms with E-state index in [4.69, 9.17) is 4.74 Å². The van der Waals surface area contributed by atoms with Gasteiger partial charge in [0.05, 0.1) is 18.3 Å². The Kier molecular flexibility index (Phi) is 5.73. The lowest BCUT2D eigenvalue weighted by Gasteiger charge is -2.33. The summed E-state index contributed by atoms with van der Waals surface area (Å²) >= 11 is 0. The highest BCUT2D eigenvalue weighted by atomic mass is 16.5. The quantitative estimate of drug-likeness (QED) is 0.757. The topological polar surface area (TPSA) is 41.5 Å². The fourth-order valence-corrected chi connectivity index (χ4v) is 2.33. The Morgan fingerprint density at radius 3 is 2.38 bits per heavy atom. The van der Waals surface area contributed by atoms with Crippen LogP contribution in [-0.4, -0.2) is 36.0 Å². The first-order chi connectivity index (χ1) is 7.52. The van der Waals surface area contributed by atoms with Crippen molar-refractivity contribution in [2.24, 2.45) is 5.92 Å². The minimum absolute atomic E-state index is 0.224. The second-order valence-corrected chi connectivity index (χ2v) is 5.29. The summed E-state index contributed by atoms with van der Waals surface area (Å²) in [7, 11) is 0. The number of ether oxygens (including phenoxy) is 1. The molecule has 2 N–H and O–H groups in total. The van der Waals surface area contributed by atoms with Crippen molar-refractivity contribution >= 4 is 0 Å². The monoisotopic (exact) mass is 229 g/mol. The SMILES string of the molecule is CCC(C)C(O)CNC1CC(C)OC(C)C1. The largest absolute Gasteiger partial charge is 0.392 e. The summed E-state index contributed by atoms with van der Waals surface area (Å²) in [5, 5.41) is 13.4. The Balaban J connectivity index is 2.26. The van der Waals surface area contributed by atoms with Crippen LogP contribution in [0.25, 0.3) is 0 Å². The second-order valence-electron chi connectivity index (χ2n) is 5.29. The van der Waals surface area contributed by atoms with Gasteiger partial charge in [-0.1, -0.05) is 20.3 Å². The summed E-state index contributed by atoms with van der Waals surface area (Å²) in [6.45, 7) is 9.16. The minimum atomic E-state index is -0.224. The van der Waals surface area contributed by atoms with E-state index in [1.807, 2.05) is 0 Å². The van der Waals surface area contributed by atoms with Crippen molar-refractivity contribution in [1.29, 1.82) is 0 Å². The minimum Gasteiger partial charge on any atom is -0.392 e. The Bertz CT molecular complexity index is 188. The summed E-state index contributed by atoms with van der Waals surface area (Å²) in [6, 6.07) is 0.498.